The van der Waals surface area contributed by atoms with Crippen LogP contribution in [0.4, 0.5) is 17.6 Å². The maximum atomic E-state index is 15.0. The highest BCUT2D eigenvalue weighted by Gasteiger charge is 2.33. The van der Waals surface area contributed by atoms with Crippen LogP contribution in [0.3, 0.4) is 0 Å². The summed E-state index contributed by atoms with van der Waals surface area (Å²) in [5.41, 5.74) is 0.664. The smallest absolute Gasteiger partial charge is 0.468 e. The Labute approximate surface area is 211 Å². The third kappa shape index (κ3) is 5.66. The number of aromatic nitrogens is 4. The minimum atomic E-state index is -5.05. The molecule has 0 bridgehead atoms. The Morgan fingerprint density at radius 3 is 2.45 bits per heavy atom. The molecule has 4 aromatic rings. The molecule has 0 saturated carbocycles. The first-order chi connectivity index (χ1) is 18.0. The Morgan fingerprint density at radius 2 is 1.74 bits per heavy atom. The molecule has 4 rings (SSSR count). The van der Waals surface area contributed by atoms with E-state index in [4.69, 9.17) is 0 Å². The van der Waals surface area contributed by atoms with Crippen molar-refractivity contribution in [3.05, 3.63) is 42.5 Å². The highest BCUT2D eigenvalue weighted by atomic mass is 19.4. The van der Waals surface area contributed by atoms with Gasteiger partial charge in [0.15, 0.2) is 5.75 Å². The number of benzene rings is 2. The van der Waals surface area contributed by atoms with E-state index in [2.05, 4.69) is 30.3 Å². The number of carbonyl (C=O) groups is 3. The lowest BCUT2D eigenvalue weighted by molar-refractivity contribution is -0.274. The summed E-state index contributed by atoms with van der Waals surface area (Å²) >= 11 is 0. The van der Waals surface area contributed by atoms with Crippen molar-refractivity contribution in [2.45, 2.75) is 12.9 Å². The van der Waals surface area contributed by atoms with Crippen LogP contribution in [0.1, 0.15) is 0 Å². The first-order valence-electron chi connectivity index (χ1n) is 10.9. The molecule has 2 N–H and O–H groups in total. The van der Waals surface area contributed by atoms with Crippen molar-refractivity contribution in [2.24, 2.45) is 7.05 Å². The molecule has 0 atom stereocenters. The van der Waals surface area contributed by atoms with Gasteiger partial charge in [0, 0.05) is 23.4 Å². The molecule has 0 saturated heterocycles. The molecule has 2 aromatic carbocycles. The molecule has 2 amide bonds. The van der Waals surface area contributed by atoms with E-state index in [9.17, 15) is 27.6 Å². The summed E-state index contributed by atoms with van der Waals surface area (Å²) in [7, 11) is 2.80. The minimum absolute atomic E-state index is 0.0796. The lowest BCUT2D eigenvalue weighted by Crippen LogP contribution is -2.40. The van der Waals surface area contributed by atoms with E-state index in [1.54, 1.807) is 7.05 Å². The van der Waals surface area contributed by atoms with E-state index < -0.39 is 55.3 Å². The topological polar surface area (TPSA) is 129 Å². The zero-order valence-electron chi connectivity index (χ0n) is 19.9. The van der Waals surface area contributed by atoms with Gasteiger partial charge in [0.1, 0.15) is 24.4 Å². The summed E-state index contributed by atoms with van der Waals surface area (Å²) in [6, 6.07) is 5.04. The van der Waals surface area contributed by atoms with Crippen LogP contribution in [0.15, 0.2) is 36.7 Å². The van der Waals surface area contributed by atoms with Crippen LogP contribution in [-0.4, -0.2) is 63.9 Å². The Bertz CT molecular complexity index is 1540. The summed E-state index contributed by atoms with van der Waals surface area (Å²) in [5.74, 6) is -3.45. The number of ether oxygens (including phenoxy) is 2. The average Bonchev–Trinajstić information content (AvgIpc) is 3.44. The van der Waals surface area contributed by atoms with E-state index in [0.717, 1.165) is 17.9 Å². The predicted octanol–water partition coefficient (Wildman–Crippen LogP) is 2.03. The van der Waals surface area contributed by atoms with Gasteiger partial charge in [-0.05, 0) is 29.8 Å². The van der Waals surface area contributed by atoms with E-state index in [-0.39, 0.29) is 22.0 Å². The fourth-order valence-corrected chi connectivity index (χ4v) is 3.79. The summed E-state index contributed by atoms with van der Waals surface area (Å²) in [4.78, 5) is 35.3. The van der Waals surface area contributed by atoms with Crippen molar-refractivity contribution >= 4 is 39.6 Å². The van der Waals surface area contributed by atoms with Gasteiger partial charge >= 0.3 is 12.3 Å². The second-order valence-corrected chi connectivity index (χ2v) is 8.01. The average molecular weight is 536 g/mol. The van der Waals surface area contributed by atoms with E-state index in [0.29, 0.717) is 10.9 Å². The van der Waals surface area contributed by atoms with Crippen LogP contribution in [-0.2, 0) is 32.7 Å². The summed E-state index contributed by atoms with van der Waals surface area (Å²) in [6.45, 7) is -1.51. The fourth-order valence-electron chi connectivity index (χ4n) is 3.79. The van der Waals surface area contributed by atoms with Crippen LogP contribution < -0.4 is 15.4 Å². The maximum Gasteiger partial charge on any atom is 0.573 e. The lowest BCUT2D eigenvalue weighted by Gasteiger charge is -2.14. The number of nitrogens with zero attached hydrogens (tertiary/aromatic N) is 4. The molecular weight excluding hydrogens is 516 g/mol. The number of methoxy groups -OCH3 is 1. The van der Waals surface area contributed by atoms with Gasteiger partial charge in [-0.15, -0.1) is 13.2 Å². The Morgan fingerprint density at radius 1 is 1.00 bits per heavy atom. The monoisotopic (exact) mass is 536 g/mol. The van der Waals surface area contributed by atoms with Gasteiger partial charge in [-0.25, -0.2) is 4.39 Å². The van der Waals surface area contributed by atoms with Crippen LogP contribution in [0.2, 0.25) is 0 Å². The van der Waals surface area contributed by atoms with Gasteiger partial charge in [0.25, 0.3) is 0 Å². The van der Waals surface area contributed by atoms with Crippen molar-refractivity contribution in [2.75, 3.05) is 20.2 Å². The molecule has 2 heterocycles. The van der Waals surface area contributed by atoms with Crippen LogP contribution >= 0.6 is 0 Å². The van der Waals surface area contributed by atoms with Crippen molar-refractivity contribution in [3.8, 4) is 16.9 Å². The maximum absolute atomic E-state index is 15.0. The summed E-state index contributed by atoms with van der Waals surface area (Å²) in [6.07, 6.45) is -2.38. The number of aryl methyl sites for hydroxylation is 1. The number of rotatable bonds is 8. The number of halogens is 4. The van der Waals surface area contributed by atoms with Crippen molar-refractivity contribution in [1.82, 2.24) is 30.2 Å². The Hall–Kier alpha value is -4.69. The van der Waals surface area contributed by atoms with Gasteiger partial charge in [-0.1, -0.05) is 0 Å². The first-order valence-corrected chi connectivity index (χ1v) is 10.9. The molecule has 38 heavy (non-hydrogen) atoms. The SMILES string of the molecule is COC(=O)CNC(=O)CNC(=O)Cn1ncc2c(-c3cc4c(cnn4C)cc3F)ccc(OC(F)(F)F)c21. The number of nitrogens with one attached hydrogen (secondary N) is 2. The number of hydrogen-bond donors (Lipinski definition) is 2. The molecule has 0 spiro atoms. The molecule has 2 aromatic heterocycles. The van der Waals surface area contributed by atoms with Crippen molar-refractivity contribution < 1.29 is 41.4 Å². The largest absolute Gasteiger partial charge is 0.573 e. The second-order valence-electron chi connectivity index (χ2n) is 8.01. The standard InChI is InChI=1S/C23H20F4N6O5/c1-32-17-6-14(16(24)5-12(17)7-30-32)13-3-4-18(38-23(25,26)27)22-15(13)8-31-33(22)11-20(35)28-9-19(34)29-10-21(36)37-2/h3-8H,9-11H2,1-2H3,(H,28,35)(H,29,34). The van der Waals surface area contributed by atoms with Crippen LogP contribution in [0.5, 0.6) is 5.75 Å². The highest BCUT2D eigenvalue weighted by molar-refractivity contribution is 6.00. The molecule has 200 valence electrons. The second kappa shape index (κ2) is 10.4. The summed E-state index contributed by atoms with van der Waals surface area (Å²) < 4.78 is 65.4. The Balaban J connectivity index is 1.66. The van der Waals surface area contributed by atoms with Gasteiger partial charge in [-0.2, -0.15) is 10.2 Å². The molecule has 0 unspecified atom stereocenters. The van der Waals surface area contributed by atoms with Gasteiger partial charge in [0.05, 0.1) is 31.6 Å². The minimum Gasteiger partial charge on any atom is -0.468 e. The molecule has 0 radical (unpaired) electrons. The molecular formula is C23H20F4N6O5. The quantitative estimate of drug-likeness (QED) is 0.260. The molecule has 0 aliphatic heterocycles. The molecule has 0 aliphatic carbocycles. The van der Waals surface area contributed by atoms with E-state index in [1.165, 1.54) is 35.3 Å². The number of amides is 2. The number of alkyl halides is 3. The number of fused-ring (bicyclic) bond motifs is 2. The first kappa shape index (κ1) is 26.4. The third-order valence-electron chi connectivity index (χ3n) is 5.51. The lowest BCUT2D eigenvalue weighted by atomic mass is 9.99. The highest BCUT2D eigenvalue weighted by Crippen LogP contribution is 2.38. The molecule has 15 heteroatoms. The zero-order valence-corrected chi connectivity index (χ0v) is 19.9. The van der Waals surface area contributed by atoms with Crippen LogP contribution in [0.25, 0.3) is 32.9 Å². The zero-order chi connectivity index (χ0) is 27.6. The third-order valence-corrected chi connectivity index (χ3v) is 5.51. The Kier molecular flexibility index (Phi) is 7.19. The van der Waals surface area contributed by atoms with Gasteiger partial charge < -0.3 is 20.1 Å². The van der Waals surface area contributed by atoms with Crippen molar-refractivity contribution in [1.29, 1.82) is 0 Å². The van der Waals surface area contributed by atoms with Gasteiger partial charge in [0.2, 0.25) is 11.8 Å². The fraction of sp³-hybridized carbons (Fsp3) is 0.261. The van der Waals surface area contributed by atoms with E-state index >= 15 is 4.39 Å². The predicted molar refractivity (Wildman–Crippen MR) is 124 cm³/mol. The molecule has 0 aliphatic rings. The molecule has 0 fully saturated rings. The summed E-state index contributed by atoms with van der Waals surface area (Å²) in [5, 5.41) is 13.2. The normalized spacial score (nSPS) is 11.5. The van der Waals surface area contributed by atoms with Gasteiger partial charge in [-0.3, -0.25) is 23.7 Å². The molecule has 11 nitrogen and oxygen atoms in total. The number of esters is 1. The van der Waals surface area contributed by atoms with E-state index in [1.807, 2.05) is 0 Å². The number of carbonyl (C=O) groups excluding carboxylic acids is 3. The number of hydrogen-bond acceptors (Lipinski definition) is 7. The van der Waals surface area contributed by atoms with Crippen molar-refractivity contribution in [3.63, 3.8) is 0 Å². The van der Waals surface area contributed by atoms with Crippen LogP contribution in [0, 0.1) is 5.82 Å².